The van der Waals surface area contributed by atoms with Gasteiger partial charge in [-0.25, -0.2) is 22.6 Å². The maximum atomic E-state index is 13.6. The molecule has 0 saturated carbocycles. The van der Waals surface area contributed by atoms with Gasteiger partial charge in [-0.15, -0.1) is 0 Å². The average molecular weight is 304 g/mol. The molecule has 1 unspecified atom stereocenters. The van der Waals surface area contributed by atoms with Crippen molar-refractivity contribution >= 4 is 16.0 Å². The molecule has 2 rings (SSSR count). The van der Waals surface area contributed by atoms with E-state index in [1.165, 1.54) is 19.4 Å². The fourth-order valence-electron chi connectivity index (χ4n) is 1.80. The van der Waals surface area contributed by atoms with Crippen LogP contribution in [-0.2, 0) is 24.3 Å². The summed E-state index contributed by atoms with van der Waals surface area (Å²) in [7, 11) is -2.93. The molecule has 1 aromatic rings. The summed E-state index contributed by atoms with van der Waals surface area (Å²) in [5, 5.41) is -0.662. The second-order valence-electron chi connectivity index (χ2n) is 4.04. The number of ether oxygens (including phenoxy) is 2. The van der Waals surface area contributed by atoms with Gasteiger partial charge in [-0.05, 0) is 12.1 Å². The van der Waals surface area contributed by atoms with Crippen molar-refractivity contribution in [3.05, 3.63) is 24.1 Å². The average Bonchev–Trinajstić information content (AvgIpc) is 2.47. The summed E-state index contributed by atoms with van der Waals surface area (Å²) in [6, 6.07) is 2.31. The van der Waals surface area contributed by atoms with Gasteiger partial charge >= 0.3 is 5.97 Å². The molecule has 0 aromatic carbocycles. The molecule has 0 bridgehead atoms. The third kappa shape index (κ3) is 2.79. The Kier molecular flexibility index (Phi) is 4.31. The first-order chi connectivity index (χ1) is 9.46. The van der Waals surface area contributed by atoms with Gasteiger partial charge in [0, 0.05) is 12.7 Å². The standard InChI is InChI=1S/C11H13FN2O5S/c1-18-11(15)9-7-14(5-6-19-9)20(16,17)10-8(12)3-2-4-13-10/h2-4,9H,5-7H2,1H3. The Balaban J connectivity index is 2.26. The predicted molar refractivity (Wildman–Crippen MR) is 64.7 cm³/mol. The number of pyridine rings is 1. The number of aromatic nitrogens is 1. The predicted octanol–water partition coefficient (Wildman–Crippen LogP) is -0.217. The van der Waals surface area contributed by atoms with Gasteiger partial charge in [0.25, 0.3) is 10.0 Å². The van der Waals surface area contributed by atoms with Crippen LogP contribution in [0.1, 0.15) is 0 Å². The van der Waals surface area contributed by atoms with E-state index in [1.807, 2.05) is 0 Å². The highest BCUT2D eigenvalue weighted by Gasteiger charge is 2.36. The largest absolute Gasteiger partial charge is 0.467 e. The number of rotatable bonds is 3. The highest BCUT2D eigenvalue weighted by molar-refractivity contribution is 7.89. The van der Waals surface area contributed by atoms with Crippen molar-refractivity contribution in [2.45, 2.75) is 11.1 Å². The van der Waals surface area contributed by atoms with E-state index in [1.54, 1.807) is 0 Å². The van der Waals surface area contributed by atoms with E-state index in [-0.39, 0.29) is 19.7 Å². The van der Waals surface area contributed by atoms with Crippen LogP contribution in [-0.4, -0.2) is 56.6 Å². The second-order valence-corrected chi connectivity index (χ2v) is 5.89. The summed E-state index contributed by atoms with van der Waals surface area (Å²) in [4.78, 5) is 14.9. The molecule has 20 heavy (non-hydrogen) atoms. The first kappa shape index (κ1) is 14.8. The minimum Gasteiger partial charge on any atom is -0.467 e. The molecule has 0 spiro atoms. The molecule has 0 aliphatic carbocycles. The Morgan fingerprint density at radius 1 is 1.60 bits per heavy atom. The topological polar surface area (TPSA) is 85.8 Å². The van der Waals surface area contributed by atoms with E-state index in [4.69, 9.17) is 4.74 Å². The zero-order valence-corrected chi connectivity index (χ0v) is 11.5. The SMILES string of the molecule is COC(=O)C1CN(S(=O)(=O)c2ncccc2F)CCO1. The van der Waals surface area contributed by atoms with Crippen LogP contribution in [0.15, 0.2) is 23.4 Å². The number of sulfonamides is 1. The molecular formula is C11H13FN2O5S. The fourth-order valence-corrected chi connectivity index (χ4v) is 3.20. The molecule has 1 saturated heterocycles. The number of halogens is 1. The molecule has 1 fully saturated rings. The van der Waals surface area contributed by atoms with Gasteiger partial charge in [0.05, 0.1) is 20.3 Å². The number of carbonyl (C=O) groups excluding carboxylic acids is 1. The summed E-state index contributed by atoms with van der Waals surface area (Å²) < 4.78 is 48.7. The third-order valence-corrected chi connectivity index (χ3v) is 4.60. The monoisotopic (exact) mass is 304 g/mol. The summed E-state index contributed by atoms with van der Waals surface area (Å²) >= 11 is 0. The van der Waals surface area contributed by atoms with Crippen LogP contribution >= 0.6 is 0 Å². The first-order valence-corrected chi connectivity index (χ1v) is 7.21. The van der Waals surface area contributed by atoms with E-state index >= 15 is 0 Å². The molecular weight excluding hydrogens is 291 g/mol. The Morgan fingerprint density at radius 2 is 2.35 bits per heavy atom. The van der Waals surface area contributed by atoms with Crippen molar-refractivity contribution in [2.24, 2.45) is 0 Å². The van der Waals surface area contributed by atoms with Gasteiger partial charge in [-0.3, -0.25) is 0 Å². The number of esters is 1. The lowest BCUT2D eigenvalue weighted by molar-refractivity contribution is -0.157. The van der Waals surface area contributed by atoms with Gasteiger partial charge < -0.3 is 9.47 Å². The normalized spacial score (nSPS) is 20.6. The first-order valence-electron chi connectivity index (χ1n) is 5.77. The lowest BCUT2D eigenvalue weighted by Crippen LogP contribution is -2.49. The Morgan fingerprint density at radius 3 is 3.00 bits per heavy atom. The number of morpholine rings is 1. The maximum absolute atomic E-state index is 13.6. The quantitative estimate of drug-likeness (QED) is 0.718. The molecule has 1 aromatic heterocycles. The van der Waals surface area contributed by atoms with Gasteiger partial charge in [-0.1, -0.05) is 0 Å². The zero-order valence-electron chi connectivity index (χ0n) is 10.7. The van der Waals surface area contributed by atoms with Crippen LogP contribution < -0.4 is 0 Å². The maximum Gasteiger partial charge on any atom is 0.336 e. The minimum absolute atomic E-state index is 0.0197. The van der Waals surface area contributed by atoms with Crippen molar-refractivity contribution in [1.29, 1.82) is 0 Å². The van der Waals surface area contributed by atoms with Crippen LogP contribution in [0.4, 0.5) is 4.39 Å². The van der Waals surface area contributed by atoms with Crippen LogP contribution in [0.5, 0.6) is 0 Å². The molecule has 0 N–H and O–H groups in total. The van der Waals surface area contributed by atoms with Crippen molar-refractivity contribution in [2.75, 3.05) is 26.8 Å². The Bertz CT molecular complexity index is 607. The van der Waals surface area contributed by atoms with E-state index in [2.05, 4.69) is 9.72 Å². The molecule has 1 atom stereocenters. The number of nitrogens with zero attached hydrogens (tertiary/aromatic N) is 2. The van der Waals surface area contributed by atoms with E-state index in [0.717, 1.165) is 10.4 Å². The van der Waals surface area contributed by atoms with Gasteiger partial charge in [0.15, 0.2) is 11.9 Å². The summed E-state index contributed by atoms with van der Waals surface area (Å²) in [5.74, 6) is -1.61. The van der Waals surface area contributed by atoms with Crippen molar-refractivity contribution < 1.29 is 27.1 Å². The number of carbonyl (C=O) groups is 1. The zero-order chi connectivity index (χ0) is 14.8. The smallest absolute Gasteiger partial charge is 0.336 e. The molecule has 0 amide bonds. The van der Waals surface area contributed by atoms with Crippen molar-refractivity contribution in [3.63, 3.8) is 0 Å². The summed E-state index contributed by atoms with van der Waals surface area (Å²) in [5.41, 5.74) is 0. The third-order valence-electron chi connectivity index (χ3n) is 2.80. The van der Waals surface area contributed by atoms with Crippen molar-refractivity contribution in [1.82, 2.24) is 9.29 Å². The number of hydrogen-bond acceptors (Lipinski definition) is 6. The van der Waals surface area contributed by atoms with Crippen LogP contribution in [0.3, 0.4) is 0 Å². The second kappa shape index (κ2) is 5.81. The lowest BCUT2D eigenvalue weighted by Gasteiger charge is -2.30. The molecule has 1 aliphatic rings. The van der Waals surface area contributed by atoms with Gasteiger partial charge in [-0.2, -0.15) is 4.31 Å². The Labute approximate surface area is 115 Å². The summed E-state index contributed by atoms with van der Waals surface area (Å²) in [6.45, 7) is -0.190. The molecule has 9 heteroatoms. The number of methoxy groups -OCH3 is 1. The van der Waals surface area contributed by atoms with E-state index < -0.39 is 32.9 Å². The van der Waals surface area contributed by atoms with Crippen LogP contribution in [0.2, 0.25) is 0 Å². The fraction of sp³-hybridized carbons (Fsp3) is 0.455. The lowest BCUT2D eigenvalue weighted by atomic mass is 10.3. The highest BCUT2D eigenvalue weighted by atomic mass is 32.2. The number of hydrogen-bond donors (Lipinski definition) is 0. The molecule has 7 nitrogen and oxygen atoms in total. The molecule has 2 heterocycles. The van der Waals surface area contributed by atoms with Crippen molar-refractivity contribution in [3.8, 4) is 0 Å². The summed E-state index contributed by atoms with van der Waals surface area (Å²) in [6.07, 6.45) is 0.170. The highest BCUT2D eigenvalue weighted by Crippen LogP contribution is 2.19. The van der Waals surface area contributed by atoms with E-state index in [9.17, 15) is 17.6 Å². The van der Waals surface area contributed by atoms with E-state index in [0.29, 0.717) is 0 Å². The molecule has 1 aliphatic heterocycles. The molecule has 110 valence electrons. The van der Waals surface area contributed by atoms with Gasteiger partial charge in [0.2, 0.25) is 5.03 Å². The Hall–Kier alpha value is -1.58. The minimum atomic E-state index is -4.11. The van der Waals surface area contributed by atoms with Gasteiger partial charge in [0.1, 0.15) is 0 Å². The van der Waals surface area contributed by atoms with Crippen LogP contribution in [0.25, 0.3) is 0 Å². The van der Waals surface area contributed by atoms with Crippen LogP contribution in [0, 0.1) is 5.82 Å². The molecule has 0 radical (unpaired) electrons.